The second-order valence-electron chi connectivity index (χ2n) is 5.04. The minimum absolute atomic E-state index is 0.000408. The van der Waals surface area contributed by atoms with Gasteiger partial charge in [-0.05, 0) is 43.3 Å². The number of thiophene rings is 1. The molecule has 2 aromatic rings. The molecule has 138 valence electrons. The second kappa shape index (κ2) is 7.73. The smallest absolute Gasteiger partial charge is 0.406 e. The van der Waals surface area contributed by atoms with E-state index >= 15 is 0 Å². The zero-order valence-electron chi connectivity index (χ0n) is 13.3. The fourth-order valence-corrected chi connectivity index (χ4v) is 4.00. The number of ether oxygens (including phenoxy) is 2. The van der Waals surface area contributed by atoms with Crippen LogP contribution in [0.5, 0.6) is 5.75 Å². The van der Waals surface area contributed by atoms with Gasteiger partial charge in [0.2, 0.25) is 10.0 Å². The quantitative estimate of drug-likeness (QED) is 0.778. The van der Waals surface area contributed by atoms with E-state index in [1.54, 1.807) is 0 Å². The second-order valence-corrected chi connectivity index (χ2v) is 8.13. The predicted octanol–water partition coefficient (Wildman–Crippen LogP) is 3.62. The van der Waals surface area contributed by atoms with Crippen molar-refractivity contribution in [2.24, 2.45) is 0 Å². The SMILES string of the molecule is COC(CNS(=O)(=O)c1ccc(OC(F)(F)F)cc1)c1ccc(C)s1. The van der Waals surface area contributed by atoms with E-state index in [2.05, 4.69) is 9.46 Å². The van der Waals surface area contributed by atoms with Crippen LogP contribution in [-0.2, 0) is 14.8 Å². The van der Waals surface area contributed by atoms with Crippen LogP contribution in [0, 0.1) is 6.92 Å². The van der Waals surface area contributed by atoms with Crippen LogP contribution in [0.4, 0.5) is 13.2 Å². The summed E-state index contributed by atoms with van der Waals surface area (Å²) in [5, 5.41) is 0. The van der Waals surface area contributed by atoms with Crippen molar-refractivity contribution >= 4 is 21.4 Å². The minimum atomic E-state index is -4.83. The largest absolute Gasteiger partial charge is 0.573 e. The van der Waals surface area contributed by atoms with Gasteiger partial charge in [0.05, 0.1) is 4.90 Å². The number of nitrogens with one attached hydrogen (secondary N) is 1. The standard InChI is InChI=1S/C15H16F3NO4S2/c1-10-3-8-14(24-10)13(22-2)9-19-25(20,21)12-6-4-11(5-7-12)23-15(16,17)18/h3-8,13,19H,9H2,1-2H3. The summed E-state index contributed by atoms with van der Waals surface area (Å²) in [6, 6.07) is 7.73. The van der Waals surface area contributed by atoms with E-state index in [0.29, 0.717) is 0 Å². The first kappa shape index (κ1) is 19.7. The molecule has 10 heteroatoms. The number of halogens is 3. The third kappa shape index (κ3) is 5.70. The molecule has 1 aromatic heterocycles. The van der Waals surface area contributed by atoms with Crippen LogP contribution in [0.3, 0.4) is 0 Å². The molecule has 1 N–H and O–H groups in total. The van der Waals surface area contributed by atoms with Crippen molar-refractivity contribution in [1.82, 2.24) is 4.72 Å². The van der Waals surface area contributed by atoms with E-state index in [4.69, 9.17) is 4.74 Å². The third-order valence-corrected chi connectivity index (χ3v) is 5.72. The summed E-state index contributed by atoms with van der Waals surface area (Å²) < 4.78 is 72.3. The molecule has 5 nitrogen and oxygen atoms in total. The van der Waals surface area contributed by atoms with Crippen molar-refractivity contribution in [3.8, 4) is 5.75 Å². The fraction of sp³-hybridized carbons (Fsp3) is 0.333. The fourth-order valence-electron chi connectivity index (χ4n) is 2.02. The number of rotatable bonds is 7. The normalized spacial score (nSPS) is 13.6. The van der Waals surface area contributed by atoms with Crippen molar-refractivity contribution in [3.05, 3.63) is 46.2 Å². The van der Waals surface area contributed by atoms with Gasteiger partial charge in [-0.15, -0.1) is 24.5 Å². The van der Waals surface area contributed by atoms with Crippen LogP contribution in [0.2, 0.25) is 0 Å². The molecule has 1 unspecified atom stereocenters. The van der Waals surface area contributed by atoms with E-state index in [9.17, 15) is 21.6 Å². The zero-order valence-corrected chi connectivity index (χ0v) is 15.0. The van der Waals surface area contributed by atoms with Gasteiger partial charge in [-0.2, -0.15) is 0 Å². The molecule has 1 aromatic carbocycles. The van der Waals surface area contributed by atoms with E-state index < -0.39 is 28.2 Å². The third-order valence-electron chi connectivity index (χ3n) is 3.19. The van der Waals surface area contributed by atoms with Gasteiger partial charge in [0.15, 0.2) is 0 Å². The lowest BCUT2D eigenvalue weighted by molar-refractivity contribution is -0.274. The van der Waals surface area contributed by atoms with Gasteiger partial charge in [-0.1, -0.05) is 0 Å². The van der Waals surface area contributed by atoms with Gasteiger partial charge in [-0.25, -0.2) is 13.1 Å². The number of hydrogen-bond donors (Lipinski definition) is 1. The summed E-state index contributed by atoms with van der Waals surface area (Å²) in [5.74, 6) is -0.490. The van der Waals surface area contributed by atoms with E-state index in [-0.39, 0.29) is 11.4 Å². The number of methoxy groups -OCH3 is 1. The number of alkyl halides is 3. The highest BCUT2D eigenvalue weighted by Crippen LogP contribution is 2.26. The Balaban J connectivity index is 2.05. The molecule has 1 atom stereocenters. The van der Waals surface area contributed by atoms with Crippen molar-refractivity contribution in [2.75, 3.05) is 13.7 Å². The average Bonchev–Trinajstić information content (AvgIpc) is 2.93. The summed E-state index contributed by atoms with van der Waals surface area (Å²) in [5.41, 5.74) is 0. The van der Waals surface area contributed by atoms with Gasteiger partial charge in [0, 0.05) is 23.4 Å². The highest BCUT2D eigenvalue weighted by Gasteiger charge is 2.31. The van der Waals surface area contributed by atoms with Crippen molar-refractivity contribution in [1.29, 1.82) is 0 Å². The van der Waals surface area contributed by atoms with Gasteiger partial charge < -0.3 is 9.47 Å². The molecule has 25 heavy (non-hydrogen) atoms. The highest BCUT2D eigenvalue weighted by atomic mass is 32.2. The molecule has 0 aliphatic heterocycles. The first-order chi connectivity index (χ1) is 11.6. The van der Waals surface area contributed by atoms with Gasteiger partial charge in [0.25, 0.3) is 0 Å². The maximum Gasteiger partial charge on any atom is 0.573 e. The van der Waals surface area contributed by atoms with E-state index in [1.807, 2.05) is 19.1 Å². The molecule has 0 radical (unpaired) electrons. The Morgan fingerprint density at radius 3 is 2.28 bits per heavy atom. The Morgan fingerprint density at radius 1 is 1.16 bits per heavy atom. The lowest BCUT2D eigenvalue weighted by atomic mass is 10.3. The molecule has 2 rings (SSSR count). The van der Waals surface area contributed by atoms with E-state index in [1.165, 1.54) is 18.4 Å². The Kier molecular flexibility index (Phi) is 6.09. The average molecular weight is 395 g/mol. The van der Waals surface area contributed by atoms with Gasteiger partial charge in [0.1, 0.15) is 11.9 Å². The van der Waals surface area contributed by atoms with Crippen LogP contribution >= 0.6 is 11.3 Å². The molecule has 0 spiro atoms. The first-order valence-electron chi connectivity index (χ1n) is 7.05. The number of sulfonamides is 1. The van der Waals surface area contributed by atoms with Crippen LogP contribution in [0.15, 0.2) is 41.3 Å². The van der Waals surface area contributed by atoms with E-state index in [0.717, 1.165) is 34.0 Å². The minimum Gasteiger partial charge on any atom is -0.406 e. The molecule has 0 saturated heterocycles. The number of aryl methyl sites for hydroxylation is 1. The number of benzene rings is 1. The lowest BCUT2D eigenvalue weighted by Crippen LogP contribution is -2.29. The highest BCUT2D eigenvalue weighted by molar-refractivity contribution is 7.89. The van der Waals surface area contributed by atoms with Crippen LogP contribution in [0.1, 0.15) is 15.9 Å². The molecule has 0 aliphatic carbocycles. The molecule has 0 saturated carbocycles. The Labute approximate surface area is 147 Å². The zero-order chi connectivity index (χ0) is 18.7. The molecule has 1 heterocycles. The summed E-state index contributed by atoms with van der Waals surface area (Å²) in [4.78, 5) is 1.77. The summed E-state index contributed by atoms with van der Waals surface area (Å²) >= 11 is 1.49. The molecule has 0 fully saturated rings. The molecule has 0 bridgehead atoms. The van der Waals surface area contributed by atoms with Crippen LogP contribution in [0.25, 0.3) is 0 Å². The number of hydrogen-bond acceptors (Lipinski definition) is 5. The lowest BCUT2D eigenvalue weighted by Gasteiger charge is -2.15. The van der Waals surface area contributed by atoms with Crippen molar-refractivity contribution < 1.29 is 31.1 Å². The summed E-state index contributed by atoms with van der Waals surface area (Å²) in [6.07, 6.45) is -5.29. The molecular formula is C15H16F3NO4S2. The van der Waals surface area contributed by atoms with Crippen LogP contribution in [-0.4, -0.2) is 28.4 Å². The maximum atomic E-state index is 12.3. The Hall–Kier alpha value is -1.62. The van der Waals surface area contributed by atoms with Gasteiger partial charge >= 0.3 is 6.36 Å². The van der Waals surface area contributed by atoms with Crippen molar-refractivity contribution in [2.45, 2.75) is 24.3 Å². The Bertz CT molecular complexity index is 801. The summed E-state index contributed by atoms with van der Waals surface area (Å²) in [7, 11) is -2.42. The van der Waals surface area contributed by atoms with Gasteiger partial charge in [-0.3, -0.25) is 0 Å². The molecular weight excluding hydrogens is 379 g/mol. The van der Waals surface area contributed by atoms with Crippen molar-refractivity contribution in [3.63, 3.8) is 0 Å². The van der Waals surface area contributed by atoms with Crippen LogP contribution < -0.4 is 9.46 Å². The topological polar surface area (TPSA) is 64.6 Å². The first-order valence-corrected chi connectivity index (χ1v) is 9.35. The molecule has 0 amide bonds. The monoisotopic (exact) mass is 395 g/mol. The summed E-state index contributed by atoms with van der Waals surface area (Å²) in [6.45, 7) is 1.93. The molecule has 0 aliphatic rings. The predicted molar refractivity (Wildman–Crippen MR) is 87.1 cm³/mol. The maximum absolute atomic E-state index is 12.3. The Morgan fingerprint density at radius 2 is 1.80 bits per heavy atom.